The molecule has 0 aliphatic heterocycles. The Hall–Kier alpha value is -2.30. The highest BCUT2D eigenvalue weighted by Gasteiger charge is 2.33. The van der Waals surface area contributed by atoms with Gasteiger partial charge in [0.05, 0.1) is 0 Å². The van der Waals surface area contributed by atoms with Crippen LogP contribution in [0.15, 0.2) is 36.4 Å². The predicted molar refractivity (Wildman–Crippen MR) is 111 cm³/mol. The Morgan fingerprint density at radius 1 is 0.933 bits per heavy atom. The highest BCUT2D eigenvalue weighted by atomic mass is 19.4. The van der Waals surface area contributed by atoms with Crippen LogP contribution in [0.3, 0.4) is 0 Å². The normalized spacial score (nSPS) is 21.7. The van der Waals surface area contributed by atoms with Crippen LogP contribution in [-0.2, 0) is 6.42 Å². The maximum absolute atomic E-state index is 14.5. The summed E-state index contributed by atoms with van der Waals surface area (Å²) in [4.78, 5) is 0. The molecular weight excluding hydrogens is 392 g/mol. The fourth-order valence-electron chi connectivity index (χ4n) is 4.83. The van der Waals surface area contributed by atoms with Crippen molar-refractivity contribution in [3.8, 4) is 5.75 Å². The molecule has 2 aliphatic carbocycles. The third-order valence-electron chi connectivity index (χ3n) is 6.62. The standard InChI is InChI=1S/C25H26F4O/c1-2-16-3-5-17(6-4-16)18-7-9-19(10-8-18)20-11-13-22-21(15-20)12-14-23(24(22)26)30-25(27,28)29/h7-10,12,14-17H,2-6,11,13H2,1H3. The molecule has 4 rings (SSSR count). The van der Waals surface area contributed by atoms with Gasteiger partial charge in [-0.2, -0.15) is 0 Å². The Balaban J connectivity index is 1.51. The van der Waals surface area contributed by atoms with E-state index in [2.05, 4.69) is 35.9 Å². The molecule has 0 amide bonds. The van der Waals surface area contributed by atoms with Gasteiger partial charge in [-0.1, -0.05) is 49.8 Å². The van der Waals surface area contributed by atoms with Crippen LogP contribution in [0.1, 0.15) is 73.6 Å². The molecule has 2 aliphatic rings. The van der Waals surface area contributed by atoms with E-state index in [1.165, 1.54) is 43.7 Å². The molecule has 0 aromatic heterocycles. The third kappa shape index (κ3) is 4.55. The molecule has 0 saturated heterocycles. The Kier molecular flexibility index (Phi) is 5.90. The van der Waals surface area contributed by atoms with Crippen molar-refractivity contribution in [2.24, 2.45) is 5.92 Å². The van der Waals surface area contributed by atoms with Crippen molar-refractivity contribution in [2.75, 3.05) is 0 Å². The fourth-order valence-corrected chi connectivity index (χ4v) is 4.83. The smallest absolute Gasteiger partial charge is 0.403 e. The van der Waals surface area contributed by atoms with Gasteiger partial charge in [0.1, 0.15) is 0 Å². The van der Waals surface area contributed by atoms with Gasteiger partial charge in [-0.25, -0.2) is 4.39 Å². The summed E-state index contributed by atoms with van der Waals surface area (Å²) in [5.41, 5.74) is 4.44. The van der Waals surface area contributed by atoms with E-state index in [0.29, 0.717) is 24.3 Å². The fraction of sp³-hybridized carbons (Fsp3) is 0.440. The summed E-state index contributed by atoms with van der Waals surface area (Å²) in [7, 11) is 0. The quantitative estimate of drug-likeness (QED) is 0.459. The number of allylic oxidation sites excluding steroid dienone is 1. The summed E-state index contributed by atoms with van der Waals surface area (Å²) in [6.07, 6.45) is 4.28. The van der Waals surface area contributed by atoms with Gasteiger partial charge >= 0.3 is 6.36 Å². The van der Waals surface area contributed by atoms with E-state index in [4.69, 9.17) is 0 Å². The lowest BCUT2D eigenvalue weighted by Gasteiger charge is -2.28. The molecule has 0 unspecified atom stereocenters. The molecule has 160 valence electrons. The van der Waals surface area contributed by atoms with Gasteiger partial charge in [0.25, 0.3) is 0 Å². The molecule has 0 heterocycles. The summed E-state index contributed by atoms with van der Waals surface area (Å²) in [6.45, 7) is 2.27. The monoisotopic (exact) mass is 418 g/mol. The molecular formula is C25H26F4O. The molecule has 0 N–H and O–H groups in total. The molecule has 0 bridgehead atoms. The van der Waals surface area contributed by atoms with E-state index < -0.39 is 17.9 Å². The topological polar surface area (TPSA) is 9.23 Å². The maximum Gasteiger partial charge on any atom is 0.573 e. The molecule has 0 radical (unpaired) electrons. The second kappa shape index (κ2) is 8.44. The van der Waals surface area contributed by atoms with Gasteiger partial charge in [0.15, 0.2) is 11.6 Å². The summed E-state index contributed by atoms with van der Waals surface area (Å²) >= 11 is 0. The van der Waals surface area contributed by atoms with Crippen molar-refractivity contribution in [1.82, 2.24) is 0 Å². The minimum absolute atomic E-state index is 0.282. The summed E-state index contributed by atoms with van der Waals surface area (Å²) in [6, 6.07) is 11.2. The Bertz CT molecular complexity index is 919. The Labute approximate surface area is 174 Å². The van der Waals surface area contributed by atoms with Crippen molar-refractivity contribution in [3.63, 3.8) is 0 Å². The van der Waals surface area contributed by atoms with Crippen molar-refractivity contribution in [2.45, 2.75) is 64.1 Å². The van der Waals surface area contributed by atoms with Gasteiger partial charge < -0.3 is 4.74 Å². The molecule has 1 saturated carbocycles. The van der Waals surface area contributed by atoms with E-state index in [1.54, 1.807) is 0 Å². The summed E-state index contributed by atoms with van der Waals surface area (Å²) < 4.78 is 55.6. The van der Waals surface area contributed by atoms with Gasteiger partial charge in [-0.15, -0.1) is 13.2 Å². The molecule has 1 fully saturated rings. The number of rotatable bonds is 4. The Morgan fingerprint density at radius 2 is 1.63 bits per heavy atom. The SMILES string of the molecule is CCC1CCC(c2ccc(C3=Cc4ccc(OC(F)(F)F)c(F)c4CC3)cc2)CC1. The zero-order chi connectivity index (χ0) is 21.3. The van der Waals surface area contributed by atoms with Gasteiger partial charge in [0.2, 0.25) is 0 Å². The van der Waals surface area contributed by atoms with Gasteiger partial charge in [-0.3, -0.25) is 0 Å². The lowest BCUT2D eigenvalue weighted by molar-refractivity contribution is -0.275. The van der Waals surface area contributed by atoms with Crippen LogP contribution < -0.4 is 4.74 Å². The summed E-state index contributed by atoms with van der Waals surface area (Å²) in [5.74, 6) is -0.183. The van der Waals surface area contributed by atoms with Crippen molar-refractivity contribution in [3.05, 3.63) is 64.5 Å². The zero-order valence-corrected chi connectivity index (χ0v) is 17.1. The minimum atomic E-state index is -4.90. The lowest BCUT2D eigenvalue weighted by Crippen LogP contribution is -2.18. The van der Waals surface area contributed by atoms with Crippen molar-refractivity contribution < 1.29 is 22.3 Å². The van der Waals surface area contributed by atoms with Crippen LogP contribution >= 0.6 is 0 Å². The molecule has 0 atom stereocenters. The van der Waals surface area contributed by atoms with Crippen LogP contribution in [0, 0.1) is 11.7 Å². The molecule has 0 spiro atoms. The average Bonchev–Trinajstić information content (AvgIpc) is 2.75. The second-order valence-electron chi connectivity index (χ2n) is 8.41. The number of halogens is 4. The number of alkyl halides is 3. The molecule has 1 nitrogen and oxygen atoms in total. The predicted octanol–water partition coefficient (Wildman–Crippen LogP) is 7.89. The number of ether oxygens (including phenoxy) is 1. The molecule has 2 aromatic carbocycles. The van der Waals surface area contributed by atoms with Gasteiger partial charge in [-0.05, 0) is 84.3 Å². The first-order valence-corrected chi connectivity index (χ1v) is 10.7. The van der Waals surface area contributed by atoms with E-state index in [9.17, 15) is 17.6 Å². The van der Waals surface area contributed by atoms with E-state index in [-0.39, 0.29) is 5.56 Å². The van der Waals surface area contributed by atoms with Crippen LogP contribution in [0.5, 0.6) is 5.75 Å². The number of hydrogen-bond donors (Lipinski definition) is 0. The number of benzene rings is 2. The van der Waals surface area contributed by atoms with E-state index >= 15 is 0 Å². The first-order chi connectivity index (χ1) is 14.3. The zero-order valence-electron chi connectivity index (χ0n) is 17.1. The van der Waals surface area contributed by atoms with Crippen LogP contribution in [0.2, 0.25) is 0 Å². The highest BCUT2D eigenvalue weighted by Crippen LogP contribution is 2.39. The van der Waals surface area contributed by atoms with E-state index in [0.717, 1.165) is 23.1 Å². The maximum atomic E-state index is 14.5. The first-order valence-electron chi connectivity index (χ1n) is 10.7. The van der Waals surface area contributed by atoms with E-state index in [1.807, 2.05) is 6.08 Å². The third-order valence-corrected chi connectivity index (χ3v) is 6.62. The van der Waals surface area contributed by atoms with Gasteiger partial charge in [0, 0.05) is 0 Å². The second-order valence-corrected chi connectivity index (χ2v) is 8.41. The number of hydrogen-bond acceptors (Lipinski definition) is 1. The highest BCUT2D eigenvalue weighted by molar-refractivity contribution is 5.84. The van der Waals surface area contributed by atoms with Crippen molar-refractivity contribution in [1.29, 1.82) is 0 Å². The lowest BCUT2D eigenvalue weighted by atomic mass is 9.77. The van der Waals surface area contributed by atoms with Crippen molar-refractivity contribution >= 4 is 11.6 Å². The van der Waals surface area contributed by atoms with Crippen LogP contribution in [0.25, 0.3) is 11.6 Å². The largest absolute Gasteiger partial charge is 0.573 e. The van der Waals surface area contributed by atoms with Crippen LogP contribution in [0.4, 0.5) is 17.6 Å². The first kappa shape index (κ1) is 21.0. The average molecular weight is 418 g/mol. The summed E-state index contributed by atoms with van der Waals surface area (Å²) in [5, 5.41) is 0. The molecule has 5 heteroatoms. The Morgan fingerprint density at radius 3 is 2.27 bits per heavy atom. The molecule has 2 aromatic rings. The van der Waals surface area contributed by atoms with Crippen LogP contribution in [-0.4, -0.2) is 6.36 Å². The minimum Gasteiger partial charge on any atom is -0.403 e. The molecule has 30 heavy (non-hydrogen) atoms. The number of fused-ring (bicyclic) bond motifs is 1.